The lowest BCUT2D eigenvalue weighted by Gasteiger charge is -2.38. The molecule has 0 fully saturated rings. The van der Waals surface area contributed by atoms with E-state index in [0.29, 0.717) is 24.9 Å². The largest absolute Gasteiger partial charge is 0.356 e. The first-order valence-corrected chi connectivity index (χ1v) is 13.7. The van der Waals surface area contributed by atoms with Crippen LogP contribution in [0.4, 0.5) is 4.39 Å². The second kappa shape index (κ2) is 10.3. The molecule has 0 unspecified atom stereocenters. The number of aromatic nitrogens is 1. The number of hydrogen-bond donors (Lipinski definition) is 3. The Balaban J connectivity index is 1.26. The molecule has 204 valence electrons. The van der Waals surface area contributed by atoms with Gasteiger partial charge in [-0.2, -0.15) is 0 Å². The molecule has 8 heteroatoms. The van der Waals surface area contributed by atoms with E-state index in [-0.39, 0.29) is 29.5 Å². The number of nitrogens with one attached hydrogen (secondary N) is 3. The molecule has 6 rings (SSSR count). The van der Waals surface area contributed by atoms with Crippen molar-refractivity contribution in [3.8, 4) is 0 Å². The number of amides is 3. The molecular formula is C32H31FN4O3. The van der Waals surface area contributed by atoms with E-state index in [0.717, 1.165) is 33.3 Å². The Morgan fingerprint density at radius 2 is 1.82 bits per heavy atom. The van der Waals surface area contributed by atoms with E-state index in [9.17, 15) is 18.8 Å². The smallest absolute Gasteiger partial charge is 0.255 e. The minimum absolute atomic E-state index is 0.187. The summed E-state index contributed by atoms with van der Waals surface area (Å²) >= 11 is 0. The normalized spacial score (nSPS) is 18.3. The Hall–Kier alpha value is -4.46. The van der Waals surface area contributed by atoms with E-state index in [4.69, 9.17) is 0 Å². The number of rotatable bonds is 7. The Morgan fingerprint density at radius 1 is 1.05 bits per heavy atom. The van der Waals surface area contributed by atoms with Gasteiger partial charge in [-0.25, -0.2) is 4.39 Å². The highest BCUT2D eigenvalue weighted by Gasteiger charge is 2.49. The molecule has 0 bridgehead atoms. The third kappa shape index (κ3) is 4.43. The Bertz CT molecular complexity index is 1630. The van der Waals surface area contributed by atoms with Crippen molar-refractivity contribution in [2.24, 2.45) is 5.92 Å². The van der Waals surface area contributed by atoms with Crippen LogP contribution >= 0.6 is 0 Å². The number of carbonyl (C=O) groups excluding carboxylic acids is 3. The van der Waals surface area contributed by atoms with E-state index in [2.05, 4.69) is 15.6 Å². The van der Waals surface area contributed by atoms with Gasteiger partial charge < -0.3 is 20.5 Å². The fourth-order valence-corrected chi connectivity index (χ4v) is 6.05. The van der Waals surface area contributed by atoms with Crippen LogP contribution in [0.3, 0.4) is 0 Å². The second-order valence-corrected chi connectivity index (χ2v) is 10.9. The summed E-state index contributed by atoms with van der Waals surface area (Å²) in [6, 6.07) is 19.7. The monoisotopic (exact) mass is 538 g/mol. The lowest BCUT2D eigenvalue weighted by molar-refractivity contribution is -0.132. The quantitative estimate of drug-likeness (QED) is 0.328. The Labute approximate surface area is 231 Å². The maximum absolute atomic E-state index is 13.9. The van der Waals surface area contributed by atoms with Crippen LogP contribution in [0.1, 0.15) is 52.6 Å². The van der Waals surface area contributed by atoms with Gasteiger partial charge in [-0.1, -0.05) is 62.4 Å². The maximum Gasteiger partial charge on any atom is 0.255 e. The van der Waals surface area contributed by atoms with Crippen molar-refractivity contribution in [1.29, 1.82) is 0 Å². The van der Waals surface area contributed by atoms with Crippen LogP contribution in [0.2, 0.25) is 0 Å². The topological polar surface area (TPSA) is 94.3 Å². The molecule has 3 atom stereocenters. The average molecular weight is 539 g/mol. The number of nitrogens with zero attached hydrogens (tertiary/aromatic N) is 1. The van der Waals surface area contributed by atoms with Crippen LogP contribution in [0.5, 0.6) is 0 Å². The fourth-order valence-electron chi connectivity index (χ4n) is 6.05. The summed E-state index contributed by atoms with van der Waals surface area (Å²) < 4.78 is 13.5. The SMILES string of the molecule is CC(C)[C@H](NC(=O)[C@@H]1Cc2c([nH]c3ccccc23)[C@@H]2c3ccccc3C(=O)N21)C(=O)NCCc1cccc(F)c1. The summed E-state index contributed by atoms with van der Waals surface area (Å²) in [7, 11) is 0. The molecule has 3 aromatic carbocycles. The van der Waals surface area contributed by atoms with Gasteiger partial charge in [0.2, 0.25) is 11.8 Å². The van der Waals surface area contributed by atoms with Gasteiger partial charge in [-0.05, 0) is 53.3 Å². The highest BCUT2D eigenvalue weighted by Crippen LogP contribution is 2.46. The molecule has 1 aromatic heterocycles. The second-order valence-electron chi connectivity index (χ2n) is 10.9. The predicted molar refractivity (Wildman–Crippen MR) is 150 cm³/mol. The van der Waals surface area contributed by atoms with Crippen LogP contribution in [-0.2, 0) is 22.4 Å². The Morgan fingerprint density at radius 3 is 2.62 bits per heavy atom. The molecule has 0 radical (unpaired) electrons. The average Bonchev–Trinajstić information content (AvgIpc) is 3.46. The maximum atomic E-state index is 13.9. The van der Waals surface area contributed by atoms with Gasteiger partial charge in [-0.15, -0.1) is 0 Å². The van der Waals surface area contributed by atoms with Crippen LogP contribution in [-0.4, -0.2) is 46.2 Å². The van der Waals surface area contributed by atoms with Gasteiger partial charge in [-0.3, -0.25) is 14.4 Å². The molecular weight excluding hydrogens is 507 g/mol. The van der Waals surface area contributed by atoms with E-state index >= 15 is 0 Å². The van der Waals surface area contributed by atoms with Crippen molar-refractivity contribution in [3.63, 3.8) is 0 Å². The fraction of sp³-hybridized carbons (Fsp3) is 0.281. The third-order valence-corrected chi connectivity index (χ3v) is 8.00. The van der Waals surface area contributed by atoms with Crippen molar-refractivity contribution in [2.75, 3.05) is 6.54 Å². The number of halogens is 1. The zero-order chi connectivity index (χ0) is 28.0. The number of aromatic amines is 1. The first-order chi connectivity index (χ1) is 19.3. The third-order valence-electron chi connectivity index (χ3n) is 8.00. The molecule has 0 spiro atoms. The zero-order valence-corrected chi connectivity index (χ0v) is 22.4. The lowest BCUT2D eigenvalue weighted by atomic mass is 9.89. The van der Waals surface area contributed by atoms with Gasteiger partial charge in [0.1, 0.15) is 17.9 Å². The molecule has 3 N–H and O–H groups in total. The standard InChI is InChI=1S/C32H31FN4O3/c1-18(2)27(31(39)34-15-14-19-8-7-9-20(33)16-19)36-30(38)26-17-24-21-10-5-6-13-25(21)35-28(24)29-22-11-3-4-12-23(22)32(40)37(26)29/h3-13,16,18,26-27,29,35H,14-15,17H2,1-2H3,(H,34,39)(H,36,38)/t26-,27-,29-/m0/s1. The minimum Gasteiger partial charge on any atom is -0.356 e. The van der Waals surface area contributed by atoms with E-state index < -0.39 is 18.1 Å². The van der Waals surface area contributed by atoms with Crippen LogP contribution in [0, 0.1) is 11.7 Å². The van der Waals surface area contributed by atoms with Crippen molar-refractivity contribution in [2.45, 2.75) is 44.8 Å². The summed E-state index contributed by atoms with van der Waals surface area (Å²) in [5, 5.41) is 6.87. The number of para-hydroxylation sites is 1. The molecule has 2 aliphatic heterocycles. The molecule has 4 aromatic rings. The molecule has 0 saturated carbocycles. The molecule has 40 heavy (non-hydrogen) atoms. The summed E-state index contributed by atoms with van der Waals surface area (Å²) in [5.74, 6) is -1.37. The van der Waals surface area contributed by atoms with Gasteiger partial charge >= 0.3 is 0 Å². The number of fused-ring (bicyclic) bond motifs is 7. The van der Waals surface area contributed by atoms with Gasteiger partial charge in [0.25, 0.3) is 5.91 Å². The van der Waals surface area contributed by atoms with Crippen molar-refractivity contribution >= 4 is 28.6 Å². The molecule has 2 aliphatic rings. The molecule has 3 heterocycles. The Kier molecular flexibility index (Phi) is 6.62. The van der Waals surface area contributed by atoms with Crippen molar-refractivity contribution in [3.05, 3.63) is 107 Å². The first kappa shape index (κ1) is 25.8. The lowest BCUT2D eigenvalue weighted by Crippen LogP contribution is -2.57. The number of hydrogen-bond acceptors (Lipinski definition) is 3. The van der Waals surface area contributed by atoms with Gasteiger partial charge in [0, 0.05) is 35.1 Å². The predicted octanol–water partition coefficient (Wildman–Crippen LogP) is 4.28. The molecule has 7 nitrogen and oxygen atoms in total. The molecule has 3 amide bonds. The number of benzene rings is 3. The van der Waals surface area contributed by atoms with Crippen molar-refractivity contribution < 1.29 is 18.8 Å². The summed E-state index contributed by atoms with van der Waals surface area (Å²) in [5.41, 5.74) is 5.14. The molecule has 0 saturated heterocycles. The first-order valence-electron chi connectivity index (χ1n) is 13.7. The van der Waals surface area contributed by atoms with Crippen molar-refractivity contribution in [1.82, 2.24) is 20.5 Å². The zero-order valence-electron chi connectivity index (χ0n) is 22.4. The van der Waals surface area contributed by atoms with Crippen LogP contribution < -0.4 is 10.6 Å². The van der Waals surface area contributed by atoms with Gasteiger partial charge in [0.15, 0.2) is 0 Å². The summed E-state index contributed by atoms with van der Waals surface area (Å²) in [6.45, 7) is 4.05. The number of carbonyl (C=O) groups is 3. The highest BCUT2D eigenvalue weighted by atomic mass is 19.1. The summed E-state index contributed by atoms with van der Waals surface area (Å²) in [4.78, 5) is 45.9. The minimum atomic E-state index is -0.789. The highest BCUT2D eigenvalue weighted by molar-refractivity contribution is 6.04. The van der Waals surface area contributed by atoms with E-state index in [1.807, 2.05) is 56.3 Å². The van der Waals surface area contributed by atoms with Crippen LogP contribution in [0.25, 0.3) is 10.9 Å². The number of H-pyrrole nitrogens is 1. The van der Waals surface area contributed by atoms with Crippen LogP contribution in [0.15, 0.2) is 72.8 Å². The van der Waals surface area contributed by atoms with E-state index in [1.165, 1.54) is 12.1 Å². The molecule has 0 aliphatic carbocycles. The van der Waals surface area contributed by atoms with E-state index in [1.54, 1.807) is 23.1 Å². The van der Waals surface area contributed by atoms with Gasteiger partial charge in [0.05, 0.1) is 6.04 Å². The summed E-state index contributed by atoms with van der Waals surface area (Å²) in [6.07, 6.45) is 0.809.